The van der Waals surface area contributed by atoms with Crippen molar-refractivity contribution >= 4 is 5.91 Å². The number of hydrogen-bond donors (Lipinski definition) is 5. The maximum absolute atomic E-state index is 10.5. The molecule has 0 aliphatic heterocycles. The van der Waals surface area contributed by atoms with Crippen molar-refractivity contribution in [3.63, 3.8) is 0 Å². The summed E-state index contributed by atoms with van der Waals surface area (Å²) >= 11 is 0. The van der Waals surface area contributed by atoms with E-state index in [1.807, 2.05) is 0 Å². The van der Waals surface area contributed by atoms with Gasteiger partial charge in [0, 0.05) is 0 Å². The molecule has 1 amide bonds. The number of carbonyl (C=O) groups excluding carboxylic acids is 1. The standard InChI is InChI=1S/C7H15NO5/c1-3(9)4(10)7(2,13)5(11)6(8)12/h3-5,9-11,13H,1-2H3,(H2,8,12)/t3-,4-,5-,7+/m1/s1. The lowest BCUT2D eigenvalue weighted by molar-refractivity contribution is -0.173. The maximum Gasteiger partial charge on any atom is 0.249 e. The Hall–Kier alpha value is -0.690. The third kappa shape index (κ3) is 2.63. The predicted octanol–water partition coefficient (Wildman–Crippen LogP) is -2.67. The van der Waals surface area contributed by atoms with Crippen molar-refractivity contribution < 1.29 is 25.2 Å². The van der Waals surface area contributed by atoms with Gasteiger partial charge in [0.05, 0.1) is 6.10 Å². The summed E-state index contributed by atoms with van der Waals surface area (Å²) < 4.78 is 0. The van der Waals surface area contributed by atoms with Gasteiger partial charge in [-0.1, -0.05) is 0 Å². The third-order valence-electron chi connectivity index (χ3n) is 1.88. The summed E-state index contributed by atoms with van der Waals surface area (Å²) in [6, 6.07) is 0. The second-order valence-corrected chi connectivity index (χ2v) is 3.22. The Morgan fingerprint density at radius 2 is 1.77 bits per heavy atom. The summed E-state index contributed by atoms with van der Waals surface area (Å²) in [7, 11) is 0. The molecule has 13 heavy (non-hydrogen) atoms. The van der Waals surface area contributed by atoms with Crippen LogP contribution >= 0.6 is 0 Å². The Labute approximate surface area is 75.6 Å². The van der Waals surface area contributed by atoms with Crippen molar-refractivity contribution in [1.29, 1.82) is 0 Å². The topological polar surface area (TPSA) is 124 Å². The molecule has 0 aromatic heterocycles. The molecule has 6 heteroatoms. The van der Waals surface area contributed by atoms with Gasteiger partial charge in [-0.2, -0.15) is 0 Å². The molecule has 0 rings (SSSR count). The normalized spacial score (nSPS) is 22.9. The van der Waals surface area contributed by atoms with Gasteiger partial charge in [-0.25, -0.2) is 0 Å². The van der Waals surface area contributed by atoms with Crippen LogP contribution in [-0.2, 0) is 4.79 Å². The van der Waals surface area contributed by atoms with Crippen LogP contribution < -0.4 is 5.73 Å². The van der Waals surface area contributed by atoms with E-state index in [9.17, 15) is 15.0 Å². The first-order valence-electron chi connectivity index (χ1n) is 3.77. The van der Waals surface area contributed by atoms with Crippen LogP contribution in [0.15, 0.2) is 0 Å². The van der Waals surface area contributed by atoms with Gasteiger partial charge in [-0.15, -0.1) is 0 Å². The van der Waals surface area contributed by atoms with E-state index in [1.165, 1.54) is 6.92 Å². The van der Waals surface area contributed by atoms with Gasteiger partial charge in [-0.3, -0.25) is 4.79 Å². The molecule has 6 N–H and O–H groups in total. The van der Waals surface area contributed by atoms with Crippen molar-refractivity contribution in [2.24, 2.45) is 5.73 Å². The van der Waals surface area contributed by atoms with Crippen LogP contribution in [-0.4, -0.2) is 50.2 Å². The second kappa shape index (κ2) is 4.01. The fourth-order valence-corrected chi connectivity index (χ4v) is 0.938. The number of rotatable bonds is 4. The molecular weight excluding hydrogens is 178 g/mol. The lowest BCUT2D eigenvalue weighted by Gasteiger charge is -2.33. The Balaban J connectivity index is 4.64. The predicted molar refractivity (Wildman–Crippen MR) is 43.5 cm³/mol. The summed E-state index contributed by atoms with van der Waals surface area (Å²) in [5.74, 6) is -1.16. The highest BCUT2D eigenvalue weighted by molar-refractivity contribution is 5.80. The van der Waals surface area contributed by atoms with E-state index in [2.05, 4.69) is 0 Å². The molecule has 4 atom stereocenters. The van der Waals surface area contributed by atoms with Crippen LogP contribution in [0.3, 0.4) is 0 Å². The van der Waals surface area contributed by atoms with E-state index < -0.39 is 29.8 Å². The largest absolute Gasteiger partial charge is 0.391 e. The average molecular weight is 193 g/mol. The molecule has 0 fully saturated rings. The maximum atomic E-state index is 10.5. The van der Waals surface area contributed by atoms with Crippen molar-refractivity contribution in [1.82, 2.24) is 0 Å². The number of nitrogens with two attached hydrogens (primary N) is 1. The van der Waals surface area contributed by atoms with Crippen molar-refractivity contribution in [2.45, 2.75) is 37.8 Å². The molecule has 0 aliphatic carbocycles. The van der Waals surface area contributed by atoms with E-state index in [0.29, 0.717) is 0 Å². The first kappa shape index (κ1) is 12.3. The summed E-state index contributed by atoms with van der Waals surface area (Å²) in [5.41, 5.74) is 2.57. The third-order valence-corrected chi connectivity index (χ3v) is 1.88. The molecule has 78 valence electrons. The van der Waals surface area contributed by atoms with Gasteiger partial charge in [0.2, 0.25) is 5.91 Å². The summed E-state index contributed by atoms with van der Waals surface area (Å²) in [4.78, 5) is 10.5. The van der Waals surface area contributed by atoms with Crippen LogP contribution in [0, 0.1) is 0 Å². The first-order valence-corrected chi connectivity index (χ1v) is 3.77. The molecule has 0 saturated carbocycles. The quantitative estimate of drug-likeness (QED) is 0.333. The summed E-state index contributed by atoms with van der Waals surface area (Å²) in [5, 5.41) is 36.6. The molecule has 6 nitrogen and oxygen atoms in total. The number of amides is 1. The SMILES string of the molecule is C[C@@H](O)[C@@H](O)[C@](C)(O)[C@H](O)C(N)=O. The summed E-state index contributed by atoms with van der Waals surface area (Å²) in [6.45, 7) is 2.23. The number of hydrogen-bond acceptors (Lipinski definition) is 5. The first-order chi connectivity index (χ1) is 5.71. The highest BCUT2D eigenvalue weighted by Gasteiger charge is 2.43. The lowest BCUT2D eigenvalue weighted by Crippen LogP contribution is -2.58. The van der Waals surface area contributed by atoms with Crippen LogP contribution in [0.1, 0.15) is 13.8 Å². The monoisotopic (exact) mass is 193 g/mol. The van der Waals surface area contributed by atoms with Gasteiger partial charge in [0.25, 0.3) is 0 Å². The molecule has 0 aliphatic rings. The van der Waals surface area contributed by atoms with E-state index in [1.54, 1.807) is 0 Å². The highest BCUT2D eigenvalue weighted by Crippen LogP contribution is 2.17. The van der Waals surface area contributed by atoms with E-state index in [4.69, 9.17) is 15.9 Å². The van der Waals surface area contributed by atoms with Gasteiger partial charge in [-0.05, 0) is 13.8 Å². The van der Waals surface area contributed by atoms with E-state index in [-0.39, 0.29) is 0 Å². The van der Waals surface area contributed by atoms with Gasteiger partial charge in [0.15, 0.2) is 6.10 Å². The Morgan fingerprint density at radius 3 is 2.00 bits per heavy atom. The molecule has 0 aromatic rings. The van der Waals surface area contributed by atoms with Crippen LogP contribution in [0.4, 0.5) is 0 Å². The number of aliphatic hydroxyl groups excluding tert-OH is 3. The average Bonchev–Trinajstić information content (AvgIpc) is 2.01. The van der Waals surface area contributed by atoms with E-state index in [0.717, 1.165) is 6.92 Å². The minimum atomic E-state index is -2.15. The Kier molecular flexibility index (Phi) is 3.80. The lowest BCUT2D eigenvalue weighted by atomic mass is 9.89. The van der Waals surface area contributed by atoms with Crippen molar-refractivity contribution in [3.8, 4) is 0 Å². The summed E-state index contributed by atoms with van der Waals surface area (Å²) in [6.07, 6.45) is -4.84. The van der Waals surface area contributed by atoms with E-state index >= 15 is 0 Å². The zero-order valence-corrected chi connectivity index (χ0v) is 7.51. The number of primary amides is 1. The number of carbonyl (C=O) groups is 1. The molecule has 0 spiro atoms. The van der Waals surface area contributed by atoms with Gasteiger partial charge < -0.3 is 26.2 Å². The molecule has 0 aromatic carbocycles. The molecule has 0 bridgehead atoms. The highest BCUT2D eigenvalue weighted by atomic mass is 16.4. The fourth-order valence-electron chi connectivity index (χ4n) is 0.938. The van der Waals surface area contributed by atoms with Crippen molar-refractivity contribution in [2.75, 3.05) is 0 Å². The van der Waals surface area contributed by atoms with Gasteiger partial charge >= 0.3 is 0 Å². The van der Waals surface area contributed by atoms with Crippen LogP contribution in [0.25, 0.3) is 0 Å². The molecule has 0 heterocycles. The molecule has 0 radical (unpaired) electrons. The smallest absolute Gasteiger partial charge is 0.249 e. The zero-order valence-electron chi connectivity index (χ0n) is 7.51. The minimum Gasteiger partial charge on any atom is -0.391 e. The van der Waals surface area contributed by atoms with Crippen LogP contribution in [0.2, 0.25) is 0 Å². The zero-order chi connectivity index (χ0) is 10.8. The van der Waals surface area contributed by atoms with Gasteiger partial charge in [0.1, 0.15) is 11.7 Å². The Bertz CT molecular complexity index is 191. The number of aliphatic hydroxyl groups is 4. The molecule has 0 saturated heterocycles. The molecule has 0 unspecified atom stereocenters. The van der Waals surface area contributed by atoms with Crippen LogP contribution in [0.5, 0.6) is 0 Å². The van der Waals surface area contributed by atoms with Crippen molar-refractivity contribution in [3.05, 3.63) is 0 Å². The minimum absolute atomic E-state index is 1.01. The fraction of sp³-hybridized carbons (Fsp3) is 0.857. The molecular formula is C7H15NO5. The second-order valence-electron chi connectivity index (χ2n) is 3.22. The Morgan fingerprint density at radius 1 is 1.38 bits per heavy atom.